The van der Waals surface area contributed by atoms with Gasteiger partial charge in [-0.05, 0) is 41.8 Å². The second-order valence-corrected chi connectivity index (χ2v) is 9.75. The largest absolute Gasteiger partial charge is 0.598 e. The number of nitrogens with zero attached hydrogens (tertiary/aromatic N) is 5. The SMILES string of the molecule is C[S+]([O-])N1CCC(c2c[nH]c(-c3cc(-c4cnn(Cc5ccc(Cl)cc5)c4)ccn3)n2)C1. The highest BCUT2D eigenvalue weighted by molar-refractivity contribution is 7.88. The number of benzene rings is 1. The number of imidazole rings is 1. The molecule has 0 bridgehead atoms. The van der Waals surface area contributed by atoms with E-state index in [2.05, 4.69) is 15.1 Å². The number of halogens is 1. The van der Waals surface area contributed by atoms with Crippen molar-refractivity contribution in [1.29, 1.82) is 0 Å². The van der Waals surface area contributed by atoms with Gasteiger partial charge in [0.05, 0.1) is 25.0 Å². The maximum absolute atomic E-state index is 11.7. The van der Waals surface area contributed by atoms with Crippen molar-refractivity contribution in [3.63, 3.8) is 0 Å². The average Bonchev–Trinajstić information content (AvgIpc) is 3.56. The maximum atomic E-state index is 11.7. The molecular weight excluding hydrogens is 444 g/mol. The average molecular weight is 467 g/mol. The molecule has 7 nitrogen and oxygen atoms in total. The Hall–Kier alpha value is -2.65. The van der Waals surface area contributed by atoms with Crippen LogP contribution in [0.4, 0.5) is 0 Å². The highest BCUT2D eigenvalue weighted by atomic mass is 35.5. The van der Waals surface area contributed by atoms with E-state index >= 15 is 0 Å². The fourth-order valence-electron chi connectivity index (χ4n) is 4.00. The third-order valence-corrected chi connectivity index (χ3v) is 7.07. The number of H-pyrrole nitrogens is 1. The fourth-order valence-corrected chi connectivity index (χ4v) is 4.87. The Labute approximate surface area is 194 Å². The van der Waals surface area contributed by atoms with Gasteiger partial charge >= 0.3 is 0 Å². The summed E-state index contributed by atoms with van der Waals surface area (Å²) in [6.07, 6.45) is 10.3. The zero-order chi connectivity index (χ0) is 22.1. The molecule has 0 aliphatic carbocycles. The predicted molar refractivity (Wildman–Crippen MR) is 127 cm³/mol. The highest BCUT2D eigenvalue weighted by Crippen LogP contribution is 2.29. The summed E-state index contributed by atoms with van der Waals surface area (Å²) in [5.74, 6) is 1.03. The molecule has 2 unspecified atom stereocenters. The molecule has 32 heavy (non-hydrogen) atoms. The van der Waals surface area contributed by atoms with Crippen molar-refractivity contribution in [3.8, 4) is 22.6 Å². The van der Waals surface area contributed by atoms with Gasteiger partial charge in [0.25, 0.3) is 0 Å². The minimum atomic E-state index is -0.932. The summed E-state index contributed by atoms with van der Waals surface area (Å²) in [6, 6.07) is 11.8. The fraction of sp³-hybridized carbons (Fsp3) is 0.261. The van der Waals surface area contributed by atoms with Crippen LogP contribution in [-0.2, 0) is 17.9 Å². The quantitative estimate of drug-likeness (QED) is 0.432. The monoisotopic (exact) mass is 466 g/mol. The van der Waals surface area contributed by atoms with Crippen LogP contribution in [0.3, 0.4) is 0 Å². The molecule has 4 aromatic rings. The first-order valence-corrected chi connectivity index (χ1v) is 12.3. The summed E-state index contributed by atoms with van der Waals surface area (Å²) in [5, 5.41) is 5.23. The molecule has 1 aliphatic heterocycles. The van der Waals surface area contributed by atoms with Crippen LogP contribution >= 0.6 is 11.6 Å². The Kier molecular flexibility index (Phi) is 6.01. The van der Waals surface area contributed by atoms with Crippen molar-refractivity contribution >= 4 is 23.0 Å². The second-order valence-electron chi connectivity index (χ2n) is 7.95. The van der Waals surface area contributed by atoms with Crippen molar-refractivity contribution in [3.05, 3.63) is 77.5 Å². The number of rotatable bonds is 6. The Balaban J connectivity index is 1.32. The summed E-state index contributed by atoms with van der Waals surface area (Å²) in [7, 11) is 0. The molecular formula is C23H23ClN6OS. The number of aromatic amines is 1. The summed E-state index contributed by atoms with van der Waals surface area (Å²) >= 11 is 5.04. The Morgan fingerprint density at radius 3 is 2.84 bits per heavy atom. The van der Waals surface area contributed by atoms with Crippen molar-refractivity contribution < 1.29 is 4.55 Å². The molecule has 2 atom stereocenters. The van der Waals surface area contributed by atoms with Crippen molar-refractivity contribution in [2.75, 3.05) is 19.3 Å². The number of hydrogen-bond donors (Lipinski definition) is 1. The van der Waals surface area contributed by atoms with Gasteiger partial charge in [-0.1, -0.05) is 23.7 Å². The lowest BCUT2D eigenvalue weighted by atomic mass is 10.1. The van der Waals surface area contributed by atoms with Crippen LogP contribution in [0.1, 0.15) is 23.6 Å². The lowest BCUT2D eigenvalue weighted by molar-refractivity contribution is 0.477. The lowest BCUT2D eigenvalue weighted by Gasteiger charge is -2.15. The Morgan fingerprint density at radius 2 is 2.06 bits per heavy atom. The van der Waals surface area contributed by atoms with Crippen LogP contribution < -0.4 is 0 Å². The molecule has 1 aliphatic rings. The summed E-state index contributed by atoms with van der Waals surface area (Å²) in [5.41, 5.74) is 4.97. The van der Waals surface area contributed by atoms with Crippen LogP contribution in [0.2, 0.25) is 5.02 Å². The summed E-state index contributed by atoms with van der Waals surface area (Å²) in [4.78, 5) is 12.6. The molecule has 0 spiro atoms. The van der Waals surface area contributed by atoms with Gasteiger partial charge in [0, 0.05) is 53.0 Å². The molecule has 1 saturated heterocycles. The van der Waals surface area contributed by atoms with E-state index in [-0.39, 0.29) is 5.92 Å². The normalized spacial score (nSPS) is 17.7. The van der Waals surface area contributed by atoms with Gasteiger partial charge in [0.2, 0.25) is 0 Å². The van der Waals surface area contributed by atoms with Crippen LogP contribution in [0, 0.1) is 0 Å². The van der Waals surface area contributed by atoms with Gasteiger partial charge in [-0.3, -0.25) is 9.67 Å². The number of aromatic nitrogens is 5. The minimum Gasteiger partial charge on any atom is -0.598 e. The summed E-state index contributed by atoms with van der Waals surface area (Å²) in [6.45, 7) is 2.29. The molecule has 3 aromatic heterocycles. The number of nitrogens with one attached hydrogen (secondary N) is 1. The van der Waals surface area contributed by atoms with Gasteiger partial charge in [0.15, 0.2) is 5.82 Å². The van der Waals surface area contributed by atoms with Crippen molar-refractivity contribution in [2.24, 2.45) is 0 Å². The molecule has 1 aromatic carbocycles. The van der Waals surface area contributed by atoms with E-state index in [0.29, 0.717) is 6.54 Å². The zero-order valence-corrected chi connectivity index (χ0v) is 19.2. The van der Waals surface area contributed by atoms with E-state index in [1.165, 1.54) is 0 Å². The molecule has 0 amide bonds. The molecule has 5 rings (SSSR count). The smallest absolute Gasteiger partial charge is 0.156 e. The predicted octanol–water partition coefficient (Wildman–Crippen LogP) is 4.12. The van der Waals surface area contributed by atoms with Crippen LogP contribution in [-0.4, -0.2) is 52.9 Å². The van der Waals surface area contributed by atoms with Crippen LogP contribution in [0.15, 0.2) is 61.2 Å². The van der Waals surface area contributed by atoms with Gasteiger partial charge in [0.1, 0.15) is 11.9 Å². The minimum absolute atomic E-state index is 0.290. The number of hydrogen-bond acceptors (Lipinski definition) is 5. The molecule has 1 fully saturated rings. The zero-order valence-electron chi connectivity index (χ0n) is 17.6. The van der Waals surface area contributed by atoms with Gasteiger partial charge in [-0.15, -0.1) is 4.31 Å². The first-order valence-electron chi connectivity index (χ1n) is 10.4. The molecule has 0 radical (unpaired) electrons. The van der Waals surface area contributed by atoms with Gasteiger partial charge in [-0.2, -0.15) is 5.10 Å². The van der Waals surface area contributed by atoms with E-state index in [1.54, 1.807) is 12.5 Å². The van der Waals surface area contributed by atoms with E-state index in [4.69, 9.17) is 16.6 Å². The molecule has 164 valence electrons. The van der Waals surface area contributed by atoms with Gasteiger partial charge < -0.3 is 9.54 Å². The van der Waals surface area contributed by atoms with E-state index in [0.717, 1.165) is 58.4 Å². The topological polar surface area (TPSA) is 85.7 Å². The van der Waals surface area contributed by atoms with Crippen molar-refractivity contribution in [2.45, 2.75) is 18.9 Å². The Bertz CT molecular complexity index is 1210. The molecule has 1 N–H and O–H groups in total. The lowest BCUT2D eigenvalue weighted by Crippen LogP contribution is -2.27. The maximum Gasteiger partial charge on any atom is 0.156 e. The van der Waals surface area contributed by atoms with Crippen LogP contribution in [0.25, 0.3) is 22.6 Å². The summed E-state index contributed by atoms with van der Waals surface area (Å²) < 4.78 is 15.6. The molecule has 4 heterocycles. The second kappa shape index (κ2) is 9.07. The van der Waals surface area contributed by atoms with E-state index < -0.39 is 11.4 Å². The first kappa shape index (κ1) is 21.2. The first-order chi connectivity index (χ1) is 15.5. The third kappa shape index (κ3) is 4.59. The van der Waals surface area contributed by atoms with Crippen molar-refractivity contribution in [1.82, 2.24) is 29.0 Å². The standard InChI is InChI=1S/C23H23ClN6OS/c1-32(31)30-9-7-18(15-30)22-12-26-23(28-22)21-10-17(6-8-25-21)19-11-27-29(14-19)13-16-2-4-20(24)5-3-16/h2-6,8,10-12,14,18H,7,9,13,15H2,1H3,(H,26,28). The third-order valence-electron chi connectivity index (χ3n) is 5.76. The molecule has 0 saturated carbocycles. The van der Waals surface area contributed by atoms with Gasteiger partial charge in [-0.25, -0.2) is 4.98 Å². The number of pyridine rings is 1. The highest BCUT2D eigenvalue weighted by Gasteiger charge is 2.31. The molecule has 9 heteroatoms. The van der Waals surface area contributed by atoms with Crippen LogP contribution in [0.5, 0.6) is 0 Å². The Morgan fingerprint density at radius 1 is 1.22 bits per heavy atom. The van der Waals surface area contributed by atoms with E-state index in [1.807, 2.05) is 64.0 Å². The van der Waals surface area contributed by atoms with E-state index in [9.17, 15) is 4.55 Å².